The fourth-order valence-corrected chi connectivity index (χ4v) is 3.31. The number of amides is 1. The molecule has 154 valence electrons. The Hall–Kier alpha value is -2.28. The zero-order valence-electron chi connectivity index (χ0n) is 16.6. The van der Waals surface area contributed by atoms with Crippen LogP contribution in [0.3, 0.4) is 0 Å². The Bertz CT molecular complexity index is 688. The minimum Gasteiger partial charge on any atom is -0.466 e. The number of guanidine groups is 1. The molecule has 28 heavy (non-hydrogen) atoms. The molecule has 0 atom stereocenters. The van der Waals surface area contributed by atoms with E-state index in [4.69, 9.17) is 16.3 Å². The van der Waals surface area contributed by atoms with Gasteiger partial charge in [0.25, 0.3) is 0 Å². The van der Waals surface area contributed by atoms with Gasteiger partial charge in [-0.3, -0.25) is 14.6 Å². The Morgan fingerprint density at radius 3 is 2.57 bits per heavy atom. The number of halogens is 1. The van der Waals surface area contributed by atoms with Gasteiger partial charge in [0.1, 0.15) is 0 Å². The number of piperazine rings is 1. The van der Waals surface area contributed by atoms with E-state index in [2.05, 4.69) is 15.2 Å². The topological polar surface area (TPSA) is 74.2 Å². The molecule has 1 N–H and O–H groups in total. The van der Waals surface area contributed by atoms with Crippen LogP contribution < -0.4 is 5.32 Å². The van der Waals surface area contributed by atoms with Crippen molar-refractivity contribution in [2.24, 2.45) is 4.99 Å². The van der Waals surface area contributed by atoms with E-state index in [1.807, 2.05) is 23.1 Å². The maximum absolute atomic E-state index is 12.5. The van der Waals surface area contributed by atoms with Crippen molar-refractivity contribution in [3.63, 3.8) is 0 Å². The number of hydrogen-bond acceptors (Lipinski definition) is 4. The standard InChI is InChI=1S/C20H29ClN4O3/c1-3-28-19(27)8-5-9-23-20(22-2)25-12-10-24(11-13-25)18(26)15-16-6-4-7-17(21)14-16/h4,6-7,14H,3,5,8-13,15H2,1-2H3,(H,22,23). The SMILES string of the molecule is CCOC(=O)CCCNC(=NC)N1CCN(C(=O)Cc2cccc(Cl)c2)CC1. The Balaban J connectivity index is 1.73. The van der Waals surface area contributed by atoms with Crippen LogP contribution in [0.5, 0.6) is 0 Å². The van der Waals surface area contributed by atoms with Gasteiger partial charge in [-0.15, -0.1) is 0 Å². The van der Waals surface area contributed by atoms with Crippen molar-refractivity contribution >= 4 is 29.4 Å². The fourth-order valence-electron chi connectivity index (χ4n) is 3.10. The van der Waals surface area contributed by atoms with Crippen LogP contribution in [0.15, 0.2) is 29.3 Å². The molecule has 0 saturated carbocycles. The van der Waals surface area contributed by atoms with E-state index in [9.17, 15) is 9.59 Å². The van der Waals surface area contributed by atoms with Gasteiger partial charge in [0.15, 0.2) is 5.96 Å². The Kier molecular flexibility index (Phi) is 9.07. The lowest BCUT2D eigenvalue weighted by atomic mass is 10.1. The second-order valence-corrected chi connectivity index (χ2v) is 6.99. The molecule has 0 spiro atoms. The quantitative estimate of drug-likeness (QED) is 0.323. The van der Waals surface area contributed by atoms with Gasteiger partial charge in [-0.1, -0.05) is 23.7 Å². The predicted molar refractivity (Wildman–Crippen MR) is 111 cm³/mol. The monoisotopic (exact) mass is 408 g/mol. The number of esters is 1. The van der Waals surface area contributed by atoms with Crippen molar-refractivity contribution in [3.8, 4) is 0 Å². The van der Waals surface area contributed by atoms with Crippen molar-refractivity contribution < 1.29 is 14.3 Å². The number of benzene rings is 1. The van der Waals surface area contributed by atoms with Crippen molar-refractivity contribution in [2.75, 3.05) is 46.4 Å². The molecule has 1 aliphatic heterocycles. The molecule has 1 aromatic carbocycles. The normalized spacial score (nSPS) is 14.8. The van der Waals surface area contributed by atoms with Crippen LogP contribution in [-0.2, 0) is 20.7 Å². The second-order valence-electron chi connectivity index (χ2n) is 6.56. The molecule has 0 unspecified atom stereocenters. The molecule has 1 amide bonds. The summed E-state index contributed by atoms with van der Waals surface area (Å²) in [6.45, 7) is 5.62. The third-order valence-electron chi connectivity index (χ3n) is 4.53. The van der Waals surface area contributed by atoms with Gasteiger partial charge in [0.05, 0.1) is 13.0 Å². The molecule has 1 saturated heterocycles. The van der Waals surface area contributed by atoms with Gasteiger partial charge < -0.3 is 19.9 Å². The number of rotatable bonds is 7. The number of aliphatic imine (C=N–C) groups is 1. The number of carbonyl (C=O) groups is 2. The largest absolute Gasteiger partial charge is 0.466 e. The Morgan fingerprint density at radius 1 is 1.21 bits per heavy atom. The molecule has 1 fully saturated rings. The lowest BCUT2D eigenvalue weighted by Gasteiger charge is -2.36. The molecule has 0 radical (unpaired) electrons. The molecule has 1 aromatic rings. The molecule has 1 aliphatic rings. The molecule has 0 aliphatic carbocycles. The predicted octanol–water partition coefficient (Wildman–Crippen LogP) is 1.95. The zero-order valence-corrected chi connectivity index (χ0v) is 17.4. The maximum Gasteiger partial charge on any atom is 0.305 e. The number of nitrogens with one attached hydrogen (secondary N) is 1. The average molecular weight is 409 g/mol. The molecular formula is C20H29ClN4O3. The lowest BCUT2D eigenvalue weighted by molar-refractivity contribution is -0.143. The van der Waals surface area contributed by atoms with Crippen LogP contribution >= 0.6 is 11.6 Å². The van der Waals surface area contributed by atoms with Crippen molar-refractivity contribution in [2.45, 2.75) is 26.2 Å². The summed E-state index contributed by atoms with van der Waals surface area (Å²) in [5, 5.41) is 3.92. The van der Waals surface area contributed by atoms with Crippen molar-refractivity contribution in [1.29, 1.82) is 0 Å². The first-order valence-electron chi connectivity index (χ1n) is 9.67. The van der Waals surface area contributed by atoms with E-state index in [1.165, 1.54) is 0 Å². The summed E-state index contributed by atoms with van der Waals surface area (Å²) < 4.78 is 4.92. The van der Waals surface area contributed by atoms with Gasteiger partial charge in [-0.05, 0) is 31.0 Å². The highest BCUT2D eigenvalue weighted by Crippen LogP contribution is 2.13. The Labute approximate surface area is 171 Å². The molecule has 2 rings (SSSR count). The van der Waals surface area contributed by atoms with Crippen LogP contribution in [0.4, 0.5) is 0 Å². The first-order valence-corrected chi connectivity index (χ1v) is 10.0. The molecule has 1 heterocycles. The number of hydrogen-bond donors (Lipinski definition) is 1. The highest BCUT2D eigenvalue weighted by Gasteiger charge is 2.23. The minimum absolute atomic E-state index is 0.110. The van der Waals surface area contributed by atoms with Crippen LogP contribution in [0.2, 0.25) is 5.02 Å². The van der Waals surface area contributed by atoms with Gasteiger partial charge in [-0.2, -0.15) is 0 Å². The summed E-state index contributed by atoms with van der Waals surface area (Å²) in [6.07, 6.45) is 1.45. The maximum atomic E-state index is 12.5. The van der Waals surface area contributed by atoms with E-state index in [-0.39, 0.29) is 11.9 Å². The first kappa shape index (κ1) is 22.0. The van der Waals surface area contributed by atoms with E-state index >= 15 is 0 Å². The van der Waals surface area contributed by atoms with Gasteiger partial charge >= 0.3 is 5.97 Å². The van der Waals surface area contributed by atoms with Crippen LogP contribution in [0.1, 0.15) is 25.3 Å². The van der Waals surface area contributed by atoms with E-state index in [1.54, 1.807) is 20.0 Å². The molecule has 0 aromatic heterocycles. The zero-order chi connectivity index (χ0) is 20.4. The summed E-state index contributed by atoms with van der Waals surface area (Å²) >= 11 is 5.99. The highest BCUT2D eigenvalue weighted by atomic mass is 35.5. The number of nitrogens with zero attached hydrogens (tertiary/aromatic N) is 3. The van der Waals surface area contributed by atoms with E-state index < -0.39 is 0 Å². The lowest BCUT2D eigenvalue weighted by Crippen LogP contribution is -2.54. The summed E-state index contributed by atoms with van der Waals surface area (Å²) in [5.74, 6) is 0.733. The number of ether oxygens (including phenoxy) is 1. The summed E-state index contributed by atoms with van der Waals surface area (Å²) in [5.41, 5.74) is 0.930. The van der Waals surface area contributed by atoms with E-state index in [0.717, 1.165) is 24.6 Å². The van der Waals surface area contributed by atoms with Crippen LogP contribution in [0.25, 0.3) is 0 Å². The average Bonchev–Trinajstić information content (AvgIpc) is 2.68. The fraction of sp³-hybridized carbons (Fsp3) is 0.550. The second kappa shape index (κ2) is 11.5. The van der Waals surface area contributed by atoms with Gasteiger partial charge in [-0.25, -0.2) is 0 Å². The van der Waals surface area contributed by atoms with Crippen LogP contribution in [-0.4, -0.2) is 74.0 Å². The summed E-state index contributed by atoms with van der Waals surface area (Å²) in [4.78, 5) is 32.2. The van der Waals surface area contributed by atoms with Gasteiger partial charge in [0, 0.05) is 51.2 Å². The third-order valence-corrected chi connectivity index (χ3v) is 4.77. The summed E-state index contributed by atoms with van der Waals surface area (Å²) in [6, 6.07) is 7.42. The van der Waals surface area contributed by atoms with Crippen molar-refractivity contribution in [3.05, 3.63) is 34.9 Å². The summed E-state index contributed by atoms with van der Waals surface area (Å²) in [7, 11) is 1.74. The molecule has 7 nitrogen and oxygen atoms in total. The molecule has 0 bridgehead atoms. The smallest absolute Gasteiger partial charge is 0.305 e. The van der Waals surface area contributed by atoms with Gasteiger partial charge in [0.2, 0.25) is 5.91 Å². The first-order chi connectivity index (χ1) is 13.5. The Morgan fingerprint density at radius 2 is 1.93 bits per heavy atom. The number of carbonyl (C=O) groups excluding carboxylic acids is 2. The molecular weight excluding hydrogens is 380 g/mol. The minimum atomic E-state index is -0.175. The highest BCUT2D eigenvalue weighted by molar-refractivity contribution is 6.30. The van der Waals surface area contributed by atoms with Crippen LogP contribution in [0, 0.1) is 0 Å². The molecule has 8 heteroatoms. The van der Waals surface area contributed by atoms with Crippen molar-refractivity contribution in [1.82, 2.24) is 15.1 Å². The van der Waals surface area contributed by atoms with E-state index in [0.29, 0.717) is 50.5 Å². The third kappa shape index (κ3) is 7.03.